The number of nitrogens with zero attached hydrogens (tertiary/aromatic N) is 4. The Kier molecular flexibility index (Phi) is 13.1. The molecule has 0 aliphatic carbocycles. The molecule has 0 radical (unpaired) electrons. The minimum Gasteiger partial charge on any atom is -0.506 e. The van der Waals surface area contributed by atoms with Crippen LogP contribution in [0.5, 0.6) is 11.5 Å². The van der Waals surface area contributed by atoms with Crippen LogP contribution in [0.2, 0.25) is 0 Å². The van der Waals surface area contributed by atoms with Crippen molar-refractivity contribution < 1.29 is 29.6 Å². The number of nitro benzene ring substituents is 2. The van der Waals surface area contributed by atoms with Crippen molar-refractivity contribution in [2.75, 3.05) is 0 Å². The van der Waals surface area contributed by atoms with E-state index < -0.39 is 9.85 Å². The smallest absolute Gasteiger partial charge is 0.271 e. The molecule has 0 saturated carbocycles. The highest BCUT2D eigenvalue weighted by Crippen LogP contribution is 2.32. The van der Waals surface area contributed by atoms with Crippen molar-refractivity contribution in [1.82, 2.24) is 10.9 Å². The Bertz CT molecular complexity index is 1220. The fraction of sp³-hybridized carbons (Fsp3) is 0.333. The van der Waals surface area contributed by atoms with Crippen LogP contribution in [0.25, 0.3) is 0 Å². The van der Waals surface area contributed by atoms with E-state index >= 15 is 0 Å². The third-order valence-electron chi connectivity index (χ3n) is 5.42. The summed E-state index contributed by atoms with van der Waals surface area (Å²) < 4.78 is 0.271. The Morgan fingerprint density at radius 1 is 0.725 bits per heavy atom. The molecular weight excluding hydrogens is 660 g/mol. The van der Waals surface area contributed by atoms with Crippen molar-refractivity contribution >= 4 is 67.5 Å². The first-order chi connectivity index (χ1) is 19.0. The maximum atomic E-state index is 11.9. The molecule has 0 fully saturated rings. The first kappa shape index (κ1) is 32.3. The van der Waals surface area contributed by atoms with Gasteiger partial charge in [-0.05, 0) is 44.7 Å². The zero-order valence-electron chi connectivity index (χ0n) is 21.0. The highest BCUT2D eigenvalue weighted by molar-refractivity contribution is 9.11. The molecule has 0 aliphatic rings. The zero-order valence-corrected chi connectivity index (χ0v) is 24.2. The zero-order chi connectivity index (χ0) is 29.7. The van der Waals surface area contributed by atoms with Crippen LogP contribution in [0.3, 0.4) is 0 Å². The molecule has 214 valence electrons. The number of nitro groups is 2. The maximum Gasteiger partial charge on any atom is 0.271 e. The summed E-state index contributed by atoms with van der Waals surface area (Å²) in [7, 11) is 0. The second-order valence-corrected chi connectivity index (χ2v) is 10.2. The van der Waals surface area contributed by atoms with E-state index in [1.165, 1.54) is 0 Å². The number of hydrazone groups is 2. The van der Waals surface area contributed by atoms with Crippen molar-refractivity contribution in [2.24, 2.45) is 10.2 Å². The van der Waals surface area contributed by atoms with E-state index in [1.807, 2.05) is 0 Å². The van der Waals surface area contributed by atoms with E-state index in [0.29, 0.717) is 12.8 Å². The Morgan fingerprint density at radius 3 is 1.43 bits per heavy atom. The summed E-state index contributed by atoms with van der Waals surface area (Å²) in [6.45, 7) is 0. The first-order valence-corrected chi connectivity index (χ1v) is 13.6. The predicted octanol–water partition coefficient (Wildman–Crippen LogP) is 5.16. The lowest BCUT2D eigenvalue weighted by Crippen LogP contribution is -2.17. The Hall–Kier alpha value is -3.92. The second kappa shape index (κ2) is 16.2. The molecule has 0 bridgehead atoms. The lowest BCUT2D eigenvalue weighted by molar-refractivity contribution is -0.385. The number of halogens is 2. The molecule has 0 aromatic heterocycles. The van der Waals surface area contributed by atoms with E-state index in [9.17, 15) is 40.0 Å². The van der Waals surface area contributed by atoms with Gasteiger partial charge in [-0.2, -0.15) is 10.2 Å². The van der Waals surface area contributed by atoms with Gasteiger partial charge in [0.2, 0.25) is 11.8 Å². The summed E-state index contributed by atoms with van der Waals surface area (Å²) in [5.41, 5.74) is 4.33. The molecule has 40 heavy (non-hydrogen) atoms. The van der Waals surface area contributed by atoms with Gasteiger partial charge >= 0.3 is 0 Å². The van der Waals surface area contributed by atoms with Crippen molar-refractivity contribution in [2.45, 2.75) is 51.4 Å². The molecule has 16 heteroatoms. The van der Waals surface area contributed by atoms with Gasteiger partial charge < -0.3 is 10.2 Å². The molecule has 2 aromatic rings. The third-order valence-corrected chi connectivity index (χ3v) is 6.63. The van der Waals surface area contributed by atoms with Crippen molar-refractivity contribution in [3.63, 3.8) is 0 Å². The van der Waals surface area contributed by atoms with Gasteiger partial charge in [-0.3, -0.25) is 29.8 Å². The molecule has 0 unspecified atom stereocenters. The topological polar surface area (TPSA) is 210 Å². The van der Waals surface area contributed by atoms with Gasteiger partial charge in [-0.25, -0.2) is 10.9 Å². The number of non-ortho nitro benzene ring substituents is 2. The summed E-state index contributed by atoms with van der Waals surface area (Å²) in [6, 6.07) is 4.59. The molecule has 0 spiro atoms. The average molecular weight is 686 g/mol. The Balaban J connectivity index is 1.59. The van der Waals surface area contributed by atoms with Gasteiger partial charge in [0.25, 0.3) is 11.4 Å². The van der Waals surface area contributed by atoms with Crippen molar-refractivity contribution in [1.29, 1.82) is 0 Å². The van der Waals surface area contributed by atoms with Gasteiger partial charge in [0, 0.05) is 48.2 Å². The van der Waals surface area contributed by atoms with Crippen LogP contribution in [0.15, 0.2) is 43.4 Å². The lowest BCUT2D eigenvalue weighted by Gasteiger charge is -2.04. The summed E-state index contributed by atoms with van der Waals surface area (Å²) in [5, 5.41) is 49.2. The molecule has 0 heterocycles. The van der Waals surface area contributed by atoms with E-state index in [-0.39, 0.29) is 67.6 Å². The number of benzene rings is 2. The van der Waals surface area contributed by atoms with Crippen LogP contribution >= 0.6 is 31.9 Å². The van der Waals surface area contributed by atoms with Crippen molar-refractivity contribution in [3.05, 3.63) is 64.6 Å². The lowest BCUT2D eigenvalue weighted by atomic mass is 10.1. The number of phenols is 2. The first-order valence-electron chi connectivity index (χ1n) is 12.0. The maximum absolute atomic E-state index is 11.9. The molecule has 0 atom stereocenters. The molecule has 0 aliphatic heterocycles. The molecule has 4 N–H and O–H groups in total. The van der Waals surface area contributed by atoms with Crippen molar-refractivity contribution in [3.8, 4) is 11.5 Å². The van der Waals surface area contributed by atoms with Crippen LogP contribution in [0.1, 0.15) is 62.5 Å². The van der Waals surface area contributed by atoms with Crippen LogP contribution in [0, 0.1) is 20.2 Å². The summed E-state index contributed by atoms with van der Waals surface area (Å²) in [4.78, 5) is 44.5. The third kappa shape index (κ3) is 10.7. The number of hydrogen-bond donors (Lipinski definition) is 4. The van der Waals surface area contributed by atoms with Gasteiger partial charge in [0.05, 0.1) is 31.2 Å². The number of aromatic hydroxyl groups is 2. The van der Waals surface area contributed by atoms with E-state index in [2.05, 4.69) is 52.9 Å². The number of unbranched alkanes of at least 4 members (excludes halogenated alkanes) is 5. The van der Waals surface area contributed by atoms with Crippen LogP contribution in [-0.4, -0.2) is 44.3 Å². The molecule has 2 amide bonds. The number of nitrogens with one attached hydrogen (secondary N) is 2. The monoisotopic (exact) mass is 684 g/mol. The number of carbonyl (C=O) groups excluding carboxylic acids is 2. The molecular formula is C24H26Br2N6O8. The second-order valence-electron chi connectivity index (χ2n) is 8.45. The molecule has 0 saturated heterocycles. The average Bonchev–Trinajstić information content (AvgIpc) is 2.89. The van der Waals surface area contributed by atoms with Crippen LogP contribution < -0.4 is 10.9 Å². The number of carbonyl (C=O) groups is 2. The SMILES string of the molecule is O=C(CCCCCCCCC(=O)NN=Cc1cc([N+](=O)[O-])cc(Br)c1O)NN=Cc1cc([N+](=O)[O-])cc(Br)c1O. The quantitative estimate of drug-likeness (QED) is 0.0849. The number of amides is 2. The number of rotatable bonds is 15. The van der Waals surface area contributed by atoms with Crippen LogP contribution in [-0.2, 0) is 9.59 Å². The number of hydrogen-bond acceptors (Lipinski definition) is 10. The predicted molar refractivity (Wildman–Crippen MR) is 153 cm³/mol. The molecule has 14 nitrogen and oxygen atoms in total. The normalized spacial score (nSPS) is 11.2. The summed E-state index contributed by atoms with van der Waals surface area (Å²) >= 11 is 6.06. The Morgan fingerprint density at radius 2 is 1.07 bits per heavy atom. The van der Waals surface area contributed by atoms with Crippen LogP contribution in [0.4, 0.5) is 11.4 Å². The van der Waals surface area contributed by atoms with Gasteiger partial charge in [0.15, 0.2) is 0 Å². The fourth-order valence-electron chi connectivity index (χ4n) is 3.36. The van der Waals surface area contributed by atoms with Gasteiger partial charge in [0.1, 0.15) is 11.5 Å². The standard InChI is InChI=1S/C24H26Br2N6O8/c25-19-11-17(31(37)38)9-15(23(19)35)13-27-29-21(33)7-5-3-1-2-4-6-8-22(34)30-28-14-16-10-18(32(39)40)12-20(26)24(16)36/h9-14,35-36H,1-8H2,(H,29,33)(H,30,34). The minimum absolute atomic E-state index is 0.0804. The Labute approximate surface area is 245 Å². The van der Waals surface area contributed by atoms with E-state index in [1.54, 1.807) is 0 Å². The summed E-state index contributed by atoms with van der Waals surface area (Å²) in [5.74, 6) is -1.13. The van der Waals surface area contributed by atoms with Gasteiger partial charge in [-0.1, -0.05) is 25.7 Å². The largest absolute Gasteiger partial charge is 0.506 e. The molecule has 2 rings (SSSR count). The van der Waals surface area contributed by atoms with Gasteiger partial charge in [-0.15, -0.1) is 0 Å². The highest BCUT2D eigenvalue weighted by atomic mass is 79.9. The highest BCUT2D eigenvalue weighted by Gasteiger charge is 2.15. The van der Waals surface area contributed by atoms with E-state index in [4.69, 9.17) is 0 Å². The molecule has 2 aromatic carbocycles. The summed E-state index contributed by atoms with van der Waals surface area (Å²) in [6.07, 6.45) is 7.32. The fourth-order valence-corrected chi connectivity index (χ4v) is 4.28. The van der Waals surface area contributed by atoms with E-state index in [0.717, 1.165) is 62.4 Å². The number of phenolic OH excluding ortho intramolecular Hbond substituents is 2. The minimum atomic E-state index is -0.610.